The zero-order valence-electron chi connectivity index (χ0n) is 8.00. The number of amides is 1. The summed E-state index contributed by atoms with van der Waals surface area (Å²) < 4.78 is 37.4. The van der Waals surface area contributed by atoms with Crippen molar-refractivity contribution in [1.82, 2.24) is 4.90 Å². The number of hydrogen-bond donors (Lipinski definition) is 2. The standard InChI is InChI=1S/C8H13F3N2O2/c9-8(10,11)6-3-13(7(15)1-12)2-5(6)4-14/h5-6,14H,1-4,12H2/t5-,6+/m1/s1. The molecule has 3 N–H and O–H groups in total. The first-order valence-corrected chi connectivity index (χ1v) is 4.55. The van der Waals surface area contributed by atoms with Gasteiger partial charge in [0, 0.05) is 25.6 Å². The quantitative estimate of drug-likeness (QED) is 0.671. The van der Waals surface area contributed by atoms with Crippen LogP contribution in [0.2, 0.25) is 0 Å². The van der Waals surface area contributed by atoms with Gasteiger partial charge in [0.05, 0.1) is 12.5 Å². The van der Waals surface area contributed by atoms with Gasteiger partial charge in [-0.15, -0.1) is 0 Å². The number of alkyl halides is 3. The summed E-state index contributed by atoms with van der Waals surface area (Å²) in [6.07, 6.45) is -4.38. The van der Waals surface area contributed by atoms with Crippen molar-refractivity contribution in [3.8, 4) is 0 Å². The van der Waals surface area contributed by atoms with Gasteiger partial charge >= 0.3 is 6.18 Å². The first kappa shape index (κ1) is 12.3. The summed E-state index contributed by atoms with van der Waals surface area (Å²) in [7, 11) is 0. The summed E-state index contributed by atoms with van der Waals surface area (Å²) in [5.41, 5.74) is 5.06. The van der Waals surface area contributed by atoms with E-state index in [0.29, 0.717) is 0 Å². The second-order valence-corrected chi connectivity index (χ2v) is 3.59. The highest BCUT2D eigenvalue weighted by Crippen LogP contribution is 2.37. The molecule has 0 bridgehead atoms. The lowest BCUT2D eigenvalue weighted by molar-refractivity contribution is -0.183. The molecule has 15 heavy (non-hydrogen) atoms. The van der Waals surface area contributed by atoms with Crippen molar-refractivity contribution in [3.63, 3.8) is 0 Å². The number of hydrogen-bond acceptors (Lipinski definition) is 3. The van der Waals surface area contributed by atoms with Gasteiger partial charge in [0.2, 0.25) is 5.91 Å². The average Bonchev–Trinajstić information content (AvgIpc) is 2.59. The molecule has 1 fully saturated rings. The van der Waals surface area contributed by atoms with Crippen LogP contribution in [-0.4, -0.2) is 48.3 Å². The van der Waals surface area contributed by atoms with Crippen molar-refractivity contribution in [2.24, 2.45) is 17.6 Å². The largest absolute Gasteiger partial charge is 0.396 e. The van der Waals surface area contributed by atoms with Crippen LogP contribution in [0, 0.1) is 11.8 Å². The van der Waals surface area contributed by atoms with Gasteiger partial charge in [-0.05, 0) is 0 Å². The highest BCUT2D eigenvalue weighted by molar-refractivity contribution is 5.78. The Balaban J connectivity index is 2.71. The number of likely N-dealkylation sites (tertiary alicyclic amines) is 1. The number of rotatable bonds is 2. The first-order chi connectivity index (χ1) is 6.90. The van der Waals surface area contributed by atoms with Crippen LogP contribution in [-0.2, 0) is 4.79 Å². The van der Waals surface area contributed by atoms with Crippen LogP contribution in [0.15, 0.2) is 0 Å². The second-order valence-electron chi connectivity index (χ2n) is 3.59. The SMILES string of the molecule is NCC(=O)N1C[C@H](CO)[C@@H](C(F)(F)F)C1. The fraction of sp³-hybridized carbons (Fsp3) is 0.875. The predicted molar refractivity (Wildman–Crippen MR) is 45.8 cm³/mol. The minimum atomic E-state index is -4.38. The van der Waals surface area contributed by atoms with E-state index in [9.17, 15) is 18.0 Å². The lowest BCUT2D eigenvalue weighted by atomic mass is 9.97. The Morgan fingerprint density at radius 1 is 1.47 bits per heavy atom. The van der Waals surface area contributed by atoms with E-state index in [1.165, 1.54) is 0 Å². The molecule has 0 aliphatic carbocycles. The molecule has 0 saturated carbocycles. The van der Waals surface area contributed by atoms with Crippen LogP contribution < -0.4 is 5.73 Å². The molecular weight excluding hydrogens is 213 g/mol. The molecule has 0 radical (unpaired) electrons. The maximum absolute atomic E-state index is 12.5. The smallest absolute Gasteiger partial charge is 0.393 e. The summed E-state index contributed by atoms with van der Waals surface area (Å²) in [5.74, 6) is -3.08. The van der Waals surface area contributed by atoms with Crippen LogP contribution in [0.25, 0.3) is 0 Å². The summed E-state index contributed by atoms with van der Waals surface area (Å²) in [6.45, 7) is -1.34. The van der Waals surface area contributed by atoms with Crippen molar-refractivity contribution in [1.29, 1.82) is 0 Å². The van der Waals surface area contributed by atoms with E-state index in [2.05, 4.69) is 0 Å². The van der Waals surface area contributed by atoms with E-state index in [1.807, 2.05) is 0 Å². The number of nitrogens with zero attached hydrogens (tertiary/aromatic N) is 1. The fourth-order valence-electron chi connectivity index (χ4n) is 1.76. The Labute approximate surface area is 84.8 Å². The van der Waals surface area contributed by atoms with E-state index in [4.69, 9.17) is 10.8 Å². The first-order valence-electron chi connectivity index (χ1n) is 4.55. The van der Waals surface area contributed by atoms with Gasteiger partial charge in [-0.25, -0.2) is 0 Å². The number of aliphatic hydroxyl groups is 1. The molecule has 2 atom stereocenters. The van der Waals surface area contributed by atoms with Crippen molar-refractivity contribution in [3.05, 3.63) is 0 Å². The van der Waals surface area contributed by atoms with E-state index >= 15 is 0 Å². The molecule has 0 spiro atoms. The number of carbonyl (C=O) groups is 1. The molecule has 0 unspecified atom stereocenters. The highest BCUT2D eigenvalue weighted by atomic mass is 19.4. The van der Waals surface area contributed by atoms with Crippen molar-refractivity contribution in [2.45, 2.75) is 6.18 Å². The number of carbonyl (C=O) groups excluding carboxylic acids is 1. The maximum Gasteiger partial charge on any atom is 0.393 e. The molecule has 0 aromatic rings. The molecule has 7 heteroatoms. The molecule has 1 amide bonds. The second kappa shape index (κ2) is 4.36. The van der Waals surface area contributed by atoms with Gasteiger partial charge in [-0.1, -0.05) is 0 Å². The molecule has 1 rings (SSSR count). The van der Waals surface area contributed by atoms with Gasteiger partial charge in [-0.3, -0.25) is 4.79 Å². The van der Waals surface area contributed by atoms with Crippen LogP contribution in [0.4, 0.5) is 13.2 Å². The summed E-state index contributed by atoms with van der Waals surface area (Å²) in [6, 6.07) is 0. The maximum atomic E-state index is 12.5. The molecule has 4 nitrogen and oxygen atoms in total. The third kappa shape index (κ3) is 2.60. The molecule has 1 aliphatic heterocycles. The van der Waals surface area contributed by atoms with Crippen LogP contribution >= 0.6 is 0 Å². The third-order valence-electron chi connectivity index (χ3n) is 2.62. The van der Waals surface area contributed by atoms with Crippen molar-refractivity contribution < 1.29 is 23.1 Å². The number of nitrogens with two attached hydrogens (primary N) is 1. The summed E-state index contributed by atoms with van der Waals surface area (Å²) >= 11 is 0. The minimum Gasteiger partial charge on any atom is -0.396 e. The Bertz CT molecular complexity index is 245. The monoisotopic (exact) mass is 226 g/mol. The minimum absolute atomic E-state index is 0.0727. The van der Waals surface area contributed by atoms with Gasteiger partial charge in [-0.2, -0.15) is 13.2 Å². The highest BCUT2D eigenvalue weighted by Gasteiger charge is 2.50. The molecule has 1 aliphatic rings. The summed E-state index contributed by atoms with van der Waals surface area (Å²) in [4.78, 5) is 12.2. The van der Waals surface area contributed by atoms with E-state index in [1.54, 1.807) is 0 Å². The molecule has 0 aromatic carbocycles. The topological polar surface area (TPSA) is 66.6 Å². The Morgan fingerprint density at radius 3 is 2.40 bits per heavy atom. The number of aliphatic hydroxyl groups excluding tert-OH is 1. The Kier molecular flexibility index (Phi) is 3.56. The molecule has 0 aromatic heterocycles. The van der Waals surface area contributed by atoms with Gasteiger partial charge in [0.15, 0.2) is 0 Å². The molecule has 88 valence electrons. The molecule has 1 heterocycles. The zero-order valence-corrected chi connectivity index (χ0v) is 8.00. The van der Waals surface area contributed by atoms with Crippen LogP contribution in [0.1, 0.15) is 0 Å². The van der Waals surface area contributed by atoms with E-state index in [0.717, 1.165) is 4.90 Å². The molecular formula is C8H13F3N2O2. The fourth-order valence-corrected chi connectivity index (χ4v) is 1.76. The Morgan fingerprint density at radius 2 is 2.07 bits per heavy atom. The van der Waals surface area contributed by atoms with Crippen molar-refractivity contribution >= 4 is 5.91 Å². The lowest BCUT2D eigenvalue weighted by Crippen LogP contribution is -2.35. The Hall–Kier alpha value is -0.820. The van der Waals surface area contributed by atoms with Crippen LogP contribution in [0.5, 0.6) is 0 Å². The lowest BCUT2D eigenvalue weighted by Gasteiger charge is -2.18. The van der Waals surface area contributed by atoms with Gasteiger partial charge < -0.3 is 15.7 Å². The van der Waals surface area contributed by atoms with E-state index in [-0.39, 0.29) is 13.1 Å². The normalized spacial score (nSPS) is 27.1. The third-order valence-corrected chi connectivity index (χ3v) is 2.62. The average molecular weight is 226 g/mol. The molecule has 1 saturated heterocycles. The summed E-state index contributed by atoms with van der Waals surface area (Å²) in [5, 5.41) is 8.80. The number of halogens is 3. The predicted octanol–water partition coefficient (Wildman–Crippen LogP) is -0.426. The van der Waals surface area contributed by atoms with E-state index < -0.39 is 37.1 Å². The van der Waals surface area contributed by atoms with Gasteiger partial charge in [0.1, 0.15) is 0 Å². The van der Waals surface area contributed by atoms with Gasteiger partial charge in [0.25, 0.3) is 0 Å². The zero-order chi connectivity index (χ0) is 11.6. The van der Waals surface area contributed by atoms with Crippen LogP contribution in [0.3, 0.4) is 0 Å². The van der Waals surface area contributed by atoms with Crippen molar-refractivity contribution in [2.75, 3.05) is 26.2 Å².